The molecule has 6 nitrogen and oxygen atoms in total. The Morgan fingerprint density at radius 1 is 1.25 bits per heavy atom. The SMILES string of the molecule is Cc1cccc(C(=O)Nc2cc(-n3nnnc3C)ccc2F)c1I. The van der Waals surface area contributed by atoms with Gasteiger partial charge in [0.15, 0.2) is 5.82 Å². The van der Waals surface area contributed by atoms with Crippen molar-refractivity contribution >= 4 is 34.2 Å². The number of tetrazole rings is 1. The molecule has 0 aliphatic carbocycles. The van der Waals surface area contributed by atoms with Gasteiger partial charge in [0.1, 0.15) is 5.82 Å². The van der Waals surface area contributed by atoms with E-state index in [1.54, 1.807) is 25.1 Å². The fourth-order valence-electron chi connectivity index (χ4n) is 2.22. The molecular weight excluding hydrogens is 424 g/mol. The molecule has 1 N–H and O–H groups in total. The molecule has 3 aromatic rings. The Bertz CT molecular complexity index is 925. The van der Waals surface area contributed by atoms with Crippen LogP contribution in [0.3, 0.4) is 0 Å². The largest absolute Gasteiger partial charge is 0.319 e. The highest BCUT2D eigenvalue weighted by molar-refractivity contribution is 14.1. The van der Waals surface area contributed by atoms with Gasteiger partial charge in [-0.1, -0.05) is 12.1 Å². The summed E-state index contributed by atoms with van der Waals surface area (Å²) >= 11 is 2.11. The molecule has 122 valence electrons. The van der Waals surface area contributed by atoms with Crippen LogP contribution in [0.1, 0.15) is 21.7 Å². The monoisotopic (exact) mass is 437 g/mol. The van der Waals surface area contributed by atoms with Crippen LogP contribution in [0, 0.1) is 23.2 Å². The summed E-state index contributed by atoms with van der Waals surface area (Å²) in [6.45, 7) is 3.65. The lowest BCUT2D eigenvalue weighted by molar-refractivity contribution is 0.102. The fourth-order valence-corrected chi connectivity index (χ4v) is 2.83. The lowest BCUT2D eigenvalue weighted by atomic mass is 10.1. The highest BCUT2D eigenvalue weighted by Crippen LogP contribution is 2.22. The van der Waals surface area contributed by atoms with Crippen LogP contribution in [0.15, 0.2) is 36.4 Å². The molecule has 1 amide bonds. The van der Waals surface area contributed by atoms with Crippen LogP contribution >= 0.6 is 22.6 Å². The highest BCUT2D eigenvalue weighted by Gasteiger charge is 2.15. The average Bonchev–Trinajstić information content (AvgIpc) is 2.98. The summed E-state index contributed by atoms with van der Waals surface area (Å²) in [5, 5.41) is 13.8. The number of rotatable bonds is 3. The molecule has 0 bridgehead atoms. The van der Waals surface area contributed by atoms with Gasteiger partial charge in [0, 0.05) is 3.57 Å². The van der Waals surface area contributed by atoms with Crippen molar-refractivity contribution in [2.45, 2.75) is 13.8 Å². The van der Waals surface area contributed by atoms with Gasteiger partial charge in [-0.2, -0.15) is 4.68 Å². The first-order valence-electron chi connectivity index (χ1n) is 7.08. The number of aromatic nitrogens is 4. The number of anilines is 1. The highest BCUT2D eigenvalue weighted by atomic mass is 127. The summed E-state index contributed by atoms with van der Waals surface area (Å²) in [5.74, 6) is -0.333. The minimum Gasteiger partial charge on any atom is -0.319 e. The molecule has 0 aliphatic rings. The van der Waals surface area contributed by atoms with Crippen molar-refractivity contribution in [1.82, 2.24) is 20.2 Å². The summed E-state index contributed by atoms with van der Waals surface area (Å²) in [6, 6.07) is 9.73. The summed E-state index contributed by atoms with van der Waals surface area (Å²) in [7, 11) is 0. The minimum absolute atomic E-state index is 0.0738. The van der Waals surface area contributed by atoms with Crippen LogP contribution in [-0.2, 0) is 0 Å². The third-order valence-electron chi connectivity index (χ3n) is 3.50. The first-order valence-corrected chi connectivity index (χ1v) is 8.16. The zero-order valence-electron chi connectivity index (χ0n) is 12.9. The Labute approximate surface area is 151 Å². The van der Waals surface area contributed by atoms with E-state index < -0.39 is 5.82 Å². The number of carbonyl (C=O) groups is 1. The molecule has 1 aromatic heterocycles. The van der Waals surface area contributed by atoms with Crippen LogP contribution in [0.4, 0.5) is 10.1 Å². The fraction of sp³-hybridized carbons (Fsp3) is 0.125. The normalized spacial score (nSPS) is 10.7. The lowest BCUT2D eigenvalue weighted by Crippen LogP contribution is -2.15. The van der Waals surface area contributed by atoms with Crippen LogP contribution < -0.4 is 5.32 Å². The van der Waals surface area contributed by atoms with E-state index in [9.17, 15) is 9.18 Å². The maximum atomic E-state index is 14.1. The van der Waals surface area contributed by atoms with Crippen LogP contribution in [0.25, 0.3) is 5.69 Å². The maximum absolute atomic E-state index is 14.1. The first kappa shape index (κ1) is 16.5. The number of nitrogens with zero attached hydrogens (tertiary/aromatic N) is 4. The van der Waals surface area contributed by atoms with Crippen molar-refractivity contribution in [3.05, 3.63) is 62.7 Å². The molecule has 3 rings (SSSR count). The maximum Gasteiger partial charge on any atom is 0.256 e. The van der Waals surface area contributed by atoms with E-state index in [4.69, 9.17) is 0 Å². The van der Waals surface area contributed by atoms with Gasteiger partial charge >= 0.3 is 0 Å². The van der Waals surface area contributed by atoms with E-state index in [1.165, 1.54) is 16.8 Å². The van der Waals surface area contributed by atoms with Crippen molar-refractivity contribution in [1.29, 1.82) is 0 Å². The molecule has 0 aliphatic heterocycles. The van der Waals surface area contributed by atoms with Gasteiger partial charge in [-0.05, 0) is 76.7 Å². The number of nitrogens with one attached hydrogen (secondary N) is 1. The lowest BCUT2D eigenvalue weighted by Gasteiger charge is -2.11. The van der Waals surface area contributed by atoms with Crippen molar-refractivity contribution in [3.8, 4) is 5.69 Å². The Morgan fingerprint density at radius 2 is 2.04 bits per heavy atom. The van der Waals surface area contributed by atoms with Crippen molar-refractivity contribution in [3.63, 3.8) is 0 Å². The number of benzene rings is 2. The van der Waals surface area contributed by atoms with Gasteiger partial charge in [-0.15, -0.1) is 5.10 Å². The molecule has 0 radical (unpaired) electrons. The topological polar surface area (TPSA) is 72.7 Å². The molecule has 0 fully saturated rings. The standard InChI is InChI=1S/C16H13FIN5O/c1-9-4-3-5-12(15(9)18)16(24)19-14-8-11(6-7-13(14)17)23-10(2)20-21-22-23/h3-8H,1-2H3,(H,19,24). The van der Waals surface area contributed by atoms with Crippen molar-refractivity contribution in [2.24, 2.45) is 0 Å². The second-order valence-electron chi connectivity index (χ2n) is 5.19. The zero-order chi connectivity index (χ0) is 17.3. The van der Waals surface area contributed by atoms with Gasteiger partial charge in [-0.25, -0.2) is 4.39 Å². The molecule has 1 heterocycles. The average molecular weight is 437 g/mol. The predicted molar refractivity (Wildman–Crippen MR) is 95.7 cm³/mol. The second-order valence-corrected chi connectivity index (χ2v) is 6.27. The summed E-state index contributed by atoms with van der Waals surface area (Å²) in [5.41, 5.74) is 2.12. The van der Waals surface area contributed by atoms with E-state index in [1.807, 2.05) is 13.0 Å². The Morgan fingerprint density at radius 3 is 2.75 bits per heavy atom. The molecule has 0 unspecified atom stereocenters. The minimum atomic E-state index is -0.527. The molecule has 0 saturated carbocycles. The number of hydrogen-bond acceptors (Lipinski definition) is 4. The number of halogens is 2. The molecule has 0 spiro atoms. The van der Waals surface area contributed by atoms with Gasteiger partial charge in [0.25, 0.3) is 5.91 Å². The quantitative estimate of drug-likeness (QED) is 0.639. The van der Waals surface area contributed by atoms with Gasteiger partial charge < -0.3 is 5.32 Å². The van der Waals surface area contributed by atoms with E-state index in [0.717, 1.165) is 9.13 Å². The van der Waals surface area contributed by atoms with Gasteiger partial charge in [0.05, 0.1) is 16.9 Å². The van der Waals surface area contributed by atoms with Gasteiger partial charge in [0.2, 0.25) is 0 Å². The Kier molecular flexibility index (Phi) is 4.56. The molecule has 24 heavy (non-hydrogen) atoms. The first-order chi connectivity index (χ1) is 11.5. The number of hydrogen-bond donors (Lipinski definition) is 1. The Hall–Kier alpha value is -2.36. The summed E-state index contributed by atoms with van der Waals surface area (Å²) < 4.78 is 16.4. The van der Waals surface area contributed by atoms with Crippen molar-refractivity contribution < 1.29 is 9.18 Å². The van der Waals surface area contributed by atoms with Crippen LogP contribution in [-0.4, -0.2) is 26.1 Å². The summed E-state index contributed by atoms with van der Waals surface area (Å²) in [4.78, 5) is 12.5. The van der Waals surface area contributed by atoms with E-state index in [2.05, 4.69) is 43.4 Å². The predicted octanol–water partition coefficient (Wildman–Crippen LogP) is 3.28. The molecule has 2 aromatic carbocycles. The molecule has 8 heteroatoms. The third kappa shape index (κ3) is 3.14. The molecular formula is C16H13FIN5O. The second kappa shape index (κ2) is 6.63. The third-order valence-corrected chi connectivity index (χ3v) is 4.94. The van der Waals surface area contributed by atoms with E-state index >= 15 is 0 Å². The number of amides is 1. The molecule has 0 atom stereocenters. The van der Waals surface area contributed by atoms with E-state index in [-0.39, 0.29) is 11.6 Å². The van der Waals surface area contributed by atoms with Gasteiger partial charge in [-0.3, -0.25) is 4.79 Å². The van der Waals surface area contributed by atoms with Crippen molar-refractivity contribution in [2.75, 3.05) is 5.32 Å². The summed E-state index contributed by atoms with van der Waals surface area (Å²) in [6.07, 6.45) is 0. The van der Waals surface area contributed by atoms with E-state index in [0.29, 0.717) is 17.1 Å². The number of aryl methyl sites for hydroxylation is 2. The Balaban J connectivity index is 1.94. The number of carbonyl (C=O) groups excluding carboxylic acids is 1. The zero-order valence-corrected chi connectivity index (χ0v) is 15.1. The smallest absolute Gasteiger partial charge is 0.256 e. The molecule has 0 saturated heterocycles. The van der Waals surface area contributed by atoms with Crippen LogP contribution in [0.5, 0.6) is 0 Å². The van der Waals surface area contributed by atoms with Crippen LogP contribution in [0.2, 0.25) is 0 Å².